The van der Waals surface area contributed by atoms with Crippen LogP contribution in [0.15, 0.2) is 9.59 Å². The monoisotopic (exact) mass is 556 g/mol. The second kappa shape index (κ2) is 11.9. The molecule has 2 fully saturated rings. The predicted octanol–water partition coefficient (Wildman–Crippen LogP) is 5.04. The van der Waals surface area contributed by atoms with Gasteiger partial charge in [0, 0.05) is 24.9 Å². The average molecular weight is 557 g/mol. The Morgan fingerprint density at radius 1 is 0.769 bits per heavy atom. The molecule has 0 atom stereocenters. The Morgan fingerprint density at radius 2 is 1.23 bits per heavy atom. The van der Waals surface area contributed by atoms with E-state index in [1.165, 1.54) is 37.4 Å². The molecule has 4 aromatic heterocycles. The van der Waals surface area contributed by atoms with Crippen molar-refractivity contribution >= 4 is 33.9 Å². The number of imidazole rings is 2. The number of rotatable bonds is 7. The number of halogens is 1. The van der Waals surface area contributed by atoms with Crippen LogP contribution in [0, 0.1) is 0 Å². The van der Waals surface area contributed by atoms with Crippen molar-refractivity contribution in [2.45, 2.75) is 103 Å². The van der Waals surface area contributed by atoms with Gasteiger partial charge in [0.1, 0.15) is 11.6 Å². The van der Waals surface area contributed by atoms with Gasteiger partial charge >= 0.3 is 6.01 Å². The van der Waals surface area contributed by atoms with E-state index >= 15 is 0 Å². The van der Waals surface area contributed by atoms with E-state index in [2.05, 4.69) is 29.9 Å². The average Bonchev–Trinajstić information content (AvgIpc) is 3.73. The fourth-order valence-electron chi connectivity index (χ4n) is 5.74. The molecule has 2 aliphatic carbocycles. The minimum Gasteiger partial charge on any atom is -0.468 e. The summed E-state index contributed by atoms with van der Waals surface area (Å²) in [5.41, 5.74) is 1.70. The number of methoxy groups -OCH3 is 1. The summed E-state index contributed by atoms with van der Waals surface area (Å²) in [5.74, 6) is 2.67. The molecule has 0 unspecified atom stereocenters. The van der Waals surface area contributed by atoms with E-state index in [1.807, 2.05) is 13.8 Å². The number of hydrogen-bond donors (Lipinski definition) is 2. The quantitative estimate of drug-likeness (QED) is 0.304. The molecule has 0 radical (unpaired) electrons. The number of nitrogens with zero attached hydrogens (tertiary/aromatic N) is 6. The van der Waals surface area contributed by atoms with Gasteiger partial charge < -0.3 is 14.7 Å². The van der Waals surface area contributed by atoms with E-state index < -0.39 is 0 Å². The molecule has 0 aromatic carbocycles. The van der Waals surface area contributed by atoms with Crippen LogP contribution in [0.25, 0.3) is 22.3 Å². The van der Waals surface area contributed by atoms with E-state index in [1.54, 1.807) is 4.57 Å². The Morgan fingerprint density at radius 3 is 1.72 bits per heavy atom. The normalized spacial score (nSPS) is 16.3. The predicted molar refractivity (Wildman–Crippen MR) is 151 cm³/mol. The Bertz CT molecular complexity index is 1560. The van der Waals surface area contributed by atoms with Crippen molar-refractivity contribution in [1.82, 2.24) is 39.0 Å². The number of hydrogen-bond acceptors (Lipinski definition) is 7. The zero-order valence-electron chi connectivity index (χ0n) is 22.9. The number of aromatic amines is 2. The topological polar surface area (TPSA) is 136 Å². The lowest BCUT2D eigenvalue weighted by Gasteiger charge is -2.08. The van der Waals surface area contributed by atoms with E-state index in [-0.39, 0.29) is 16.4 Å². The number of ether oxygens (including phenoxy) is 1. The lowest BCUT2D eigenvalue weighted by molar-refractivity contribution is 0.347. The SMILES string of the molecule is CCCn1c(Cl)nc2nc(C3CCCC3)[nH]c2c1=O.CCCn1c(OC)nc2nc(C3CCCC3)[nH]c2c1=O. The first-order valence-electron chi connectivity index (χ1n) is 14.1. The molecule has 11 nitrogen and oxygen atoms in total. The van der Waals surface area contributed by atoms with E-state index in [0.29, 0.717) is 53.3 Å². The van der Waals surface area contributed by atoms with Crippen LogP contribution >= 0.6 is 11.6 Å². The number of nitrogens with one attached hydrogen (secondary N) is 2. The van der Waals surface area contributed by atoms with E-state index in [4.69, 9.17) is 16.3 Å². The lowest BCUT2D eigenvalue weighted by atomic mass is 10.1. The molecule has 0 bridgehead atoms. The first-order valence-corrected chi connectivity index (χ1v) is 14.5. The molecule has 0 spiro atoms. The van der Waals surface area contributed by atoms with Crippen LogP contribution in [0.1, 0.15) is 102 Å². The highest BCUT2D eigenvalue weighted by atomic mass is 35.5. The molecule has 39 heavy (non-hydrogen) atoms. The molecule has 0 amide bonds. The van der Waals surface area contributed by atoms with Crippen molar-refractivity contribution < 1.29 is 4.74 Å². The molecule has 4 heterocycles. The van der Waals surface area contributed by atoms with Crippen LogP contribution in [-0.4, -0.2) is 46.1 Å². The molecule has 2 saturated carbocycles. The summed E-state index contributed by atoms with van der Waals surface area (Å²) in [6.45, 7) is 5.21. The number of H-pyrrole nitrogens is 2. The maximum atomic E-state index is 12.5. The molecule has 6 rings (SSSR count). The maximum Gasteiger partial charge on any atom is 0.301 e. The van der Waals surface area contributed by atoms with Crippen LogP contribution in [0.5, 0.6) is 6.01 Å². The molecule has 2 aliphatic rings. The van der Waals surface area contributed by atoms with Crippen LogP contribution in [0.4, 0.5) is 0 Å². The maximum absolute atomic E-state index is 12.5. The largest absolute Gasteiger partial charge is 0.468 e. The van der Waals surface area contributed by atoms with Gasteiger partial charge in [0.15, 0.2) is 22.3 Å². The second-order valence-corrected chi connectivity index (χ2v) is 10.8. The number of aromatic nitrogens is 8. The fraction of sp³-hybridized carbons (Fsp3) is 0.630. The molecule has 4 aromatic rings. The summed E-state index contributed by atoms with van der Waals surface area (Å²) in [4.78, 5) is 48.7. The third kappa shape index (κ3) is 5.46. The molecule has 12 heteroatoms. The van der Waals surface area contributed by atoms with Gasteiger partial charge in [-0.05, 0) is 50.1 Å². The van der Waals surface area contributed by atoms with Crippen molar-refractivity contribution in [2.75, 3.05) is 7.11 Å². The summed E-state index contributed by atoms with van der Waals surface area (Å²) < 4.78 is 8.29. The highest BCUT2D eigenvalue weighted by Gasteiger charge is 2.24. The van der Waals surface area contributed by atoms with Crippen molar-refractivity contribution in [2.24, 2.45) is 0 Å². The molecular formula is C27H37ClN8O3. The first kappa shape index (κ1) is 27.4. The lowest BCUT2D eigenvalue weighted by Crippen LogP contribution is -2.23. The summed E-state index contributed by atoms with van der Waals surface area (Å²) in [5, 5.41) is 0.226. The van der Waals surface area contributed by atoms with Gasteiger partial charge in [0.2, 0.25) is 5.28 Å². The van der Waals surface area contributed by atoms with Gasteiger partial charge in [-0.3, -0.25) is 18.7 Å². The van der Waals surface area contributed by atoms with E-state index in [9.17, 15) is 9.59 Å². The Kier molecular flexibility index (Phi) is 8.34. The van der Waals surface area contributed by atoms with Crippen LogP contribution in [0.2, 0.25) is 5.28 Å². The smallest absolute Gasteiger partial charge is 0.301 e. The summed E-state index contributed by atoms with van der Waals surface area (Å²) in [7, 11) is 1.53. The van der Waals surface area contributed by atoms with Crippen LogP contribution in [-0.2, 0) is 13.1 Å². The van der Waals surface area contributed by atoms with Gasteiger partial charge in [-0.15, -0.1) is 0 Å². The summed E-state index contributed by atoms with van der Waals surface area (Å²) in [6.07, 6.45) is 11.2. The molecule has 2 N–H and O–H groups in total. The van der Waals surface area contributed by atoms with Crippen LogP contribution < -0.4 is 15.9 Å². The second-order valence-electron chi connectivity index (χ2n) is 10.5. The van der Waals surface area contributed by atoms with Crippen molar-refractivity contribution in [3.63, 3.8) is 0 Å². The molecular weight excluding hydrogens is 520 g/mol. The van der Waals surface area contributed by atoms with Crippen molar-refractivity contribution in [3.8, 4) is 6.01 Å². The Hall–Kier alpha value is -3.21. The Labute approximate surface area is 231 Å². The standard InChI is InChI=1S/C14H20N4O2.C13H17ClN4O/c1-3-8-18-13(19)10-12(17-14(18)20-2)16-11(15-10)9-6-4-5-7-9;1-2-7-18-12(19)9-11(17-13(18)14)16-10(15-9)8-5-3-4-6-8/h9H,3-8H2,1-2H3,(H,15,16);8H,2-7H2,1H3,(H,15,16). The fourth-order valence-corrected chi connectivity index (χ4v) is 5.98. The van der Waals surface area contributed by atoms with Gasteiger partial charge in [0.05, 0.1) is 7.11 Å². The highest BCUT2D eigenvalue weighted by molar-refractivity contribution is 6.28. The summed E-state index contributed by atoms with van der Waals surface area (Å²) in [6, 6.07) is 0.342. The zero-order valence-corrected chi connectivity index (χ0v) is 23.7. The third-order valence-electron chi connectivity index (χ3n) is 7.74. The minimum atomic E-state index is -0.117. The van der Waals surface area contributed by atoms with Gasteiger partial charge in [-0.25, -0.2) is 9.97 Å². The van der Waals surface area contributed by atoms with Crippen LogP contribution in [0.3, 0.4) is 0 Å². The first-order chi connectivity index (χ1) is 18.9. The van der Waals surface area contributed by atoms with E-state index in [0.717, 1.165) is 50.2 Å². The minimum absolute atomic E-state index is 0.0922. The highest BCUT2D eigenvalue weighted by Crippen LogP contribution is 2.33. The number of fused-ring (bicyclic) bond motifs is 2. The molecule has 0 saturated heterocycles. The zero-order chi connectivity index (χ0) is 27.5. The third-order valence-corrected chi connectivity index (χ3v) is 8.03. The van der Waals surface area contributed by atoms with Gasteiger partial charge in [0.25, 0.3) is 11.1 Å². The summed E-state index contributed by atoms with van der Waals surface area (Å²) >= 11 is 6.05. The van der Waals surface area contributed by atoms with Gasteiger partial charge in [-0.1, -0.05) is 39.5 Å². The molecule has 210 valence electrons. The van der Waals surface area contributed by atoms with Gasteiger partial charge in [-0.2, -0.15) is 9.97 Å². The van der Waals surface area contributed by atoms with Crippen molar-refractivity contribution in [1.29, 1.82) is 0 Å². The Balaban J connectivity index is 0.000000158. The van der Waals surface area contributed by atoms with Crippen molar-refractivity contribution in [3.05, 3.63) is 37.6 Å². The molecule has 0 aliphatic heterocycles.